The van der Waals surface area contributed by atoms with Crippen LogP contribution in [-0.2, 0) is 40.7 Å². The molecule has 2 heterocycles. The van der Waals surface area contributed by atoms with Crippen molar-refractivity contribution in [1.82, 2.24) is 9.88 Å². The van der Waals surface area contributed by atoms with Crippen LogP contribution in [0.5, 0.6) is 17.2 Å². The zero-order chi connectivity index (χ0) is 38.6. The molecule has 0 radical (unpaired) electrons. The van der Waals surface area contributed by atoms with E-state index in [9.17, 15) is 39.6 Å². The molecule has 5 N–H and O–H groups in total. The van der Waals surface area contributed by atoms with Crippen molar-refractivity contribution >= 4 is 35.5 Å². The van der Waals surface area contributed by atoms with Gasteiger partial charge in [-0.25, -0.2) is 0 Å². The predicted octanol–water partition coefficient (Wildman–Crippen LogP) is 4.05. The molecule has 0 spiro atoms. The number of fused-ring (bicyclic) bond motifs is 3. The van der Waals surface area contributed by atoms with Gasteiger partial charge in [0, 0.05) is 68.2 Å². The number of hydrogen-bond acceptors (Lipinski definition) is 12. The summed E-state index contributed by atoms with van der Waals surface area (Å²) in [6.45, 7) is 3.23. The molecular formula is C41H43ClN2O11. The lowest BCUT2D eigenvalue weighted by Gasteiger charge is -2.43. The van der Waals surface area contributed by atoms with Gasteiger partial charge in [-0.2, -0.15) is 0 Å². The van der Waals surface area contributed by atoms with Gasteiger partial charge in [0.15, 0.2) is 23.6 Å². The van der Waals surface area contributed by atoms with Crippen molar-refractivity contribution in [3.05, 3.63) is 111 Å². The monoisotopic (exact) mass is 774 g/mol. The Kier molecular flexibility index (Phi) is 11.1. The number of hydrogen-bond donors (Lipinski definition) is 5. The van der Waals surface area contributed by atoms with E-state index in [0.29, 0.717) is 12.2 Å². The Labute approximate surface area is 323 Å². The highest BCUT2D eigenvalue weighted by Gasteiger charge is 2.49. The van der Waals surface area contributed by atoms with E-state index in [1.807, 2.05) is 43.6 Å². The second-order valence-corrected chi connectivity index (χ2v) is 14.4. The van der Waals surface area contributed by atoms with Crippen LogP contribution in [-0.4, -0.2) is 85.4 Å². The van der Waals surface area contributed by atoms with Crippen LogP contribution >= 0.6 is 12.4 Å². The summed E-state index contributed by atoms with van der Waals surface area (Å²) in [5, 5.41) is 49.4. The first kappa shape index (κ1) is 39.8. The van der Waals surface area contributed by atoms with Gasteiger partial charge in [-0.3, -0.25) is 19.2 Å². The van der Waals surface area contributed by atoms with Gasteiger partial charge in [-0.05, 0) is 43.2 Å². The summed E-state index contributed by atoms with van der Waals surface area (Å²) in [5.74, 6) is -3.23. The fraction of sp³-hybridized carbons (Fsp3) is 0.366. The Hall–Kier alpha value is -4.89. The SMILES string of the molecule is COc1cccc2c1C(=O)c1c(O)c3c(c(O)c1C2=O)C[C@@](O)(C(C)=O)C[C@@H]3OC1CC(NCc2ccc(CC(=O)c3cccn3C)cc2)C(O)C(C)O1.Cl. The van der Waals surface area contributed by atoms with Crippen LogP contribution < -0.4 is 10.1 Å². The van der Waals surface area contributed by atoms with E-state index in [1.54, 1.807) is 17.6 Å². The highest BCUT2D eigenvalue weighted by molar-refractivity contribution is 6.31. The fourth-order valence-corrected chi connectivity index (χ4v) is 7.88. The Morgan fingerprint density at radius 3 is 2.33 bits per heavy atom. The molecule has 290 valence electrons. The number of Topliss-reactive ketones (excluding diaryl/α,β-unsaturated/α-hetero) is 2. The lowest BCUT2D eigenvalue weighted by Crippen LogP contribution is -2.54. The Bertz CT molecular complexity index is 2180. The molecule has 1 fully saturated rings. The summed E-state index contributed by atoms with van der Waals surface area (Å²) < 4.78 is 19.5. The van der Waals surface area contributed by atoms with Gasteiger partial charge in [0.1, 0.15) is 22.8 Å². The third-order valence-corrected chi connectivity index (χ3v) is 10.9. The second-order valence-electron chi connectivity index (χ2n) is 14.4. The zero-order valence-electron chi connectivity index (χ0n) is 30.7. The van der Waals surface area contributed by atoms with Gasteiger partial charge < -0.3 is 44.5 Å². The molecule has 4 unspecified atom stereocenters. The van der Waals surface area contributed by atoms with Crippen LogP contribution in [0.25, 0.3) is 0 Å². The number of aryl methyl sites for hydroxylation is 1. The normalized spacial score (nSPS) is 24.3. The molecule has 3 aromatic carbocycles. The van der Waals surface area contributed by atoms with Crippen LogP contribution in [0.1, 0.15) is 97.4 Å². The summed E-state index contributed by atoms with van der Waals surface area (Å²) in [7, 11) is 3.17. The molecule has 0 saturated carbocycles. The average molecular weight is 775 g/mol. The van der Waals surface area contributed by atoms with Gasteiger partial charge in [-0.1, -0.05) is 36.4 Å². The first-order valence-corrected chi connectivity index (χ1v) is 17.8. The maximum absolute atomic E-state index is 13.9. The number of carbonyl (C=O) groups excluding carboxylic acids is 4. The number of aromatic hydroxyl groups is 2. The summed E-state index contributed by atoms with van der Waals surface area (Å²) >= 11 is 0. The van der Waals surface area contributed by atoms with Crippen molar-refractivity contribution in [2.24, 2.45) is 7.05 Å². The van der Waals surface area contributed by atoms with Crippen molar-refractivity contribution in [2.45, 2.75) is 82.3 Å². The van der Waals surface area contributed by atoms with E-state index in [1.165, 1.54) is 32.2 Å². The van der Waals surface area contributed by atoms with E-state index in [-0.39, 0.29) is 65.5 Å². The molecule has 1 saturated heterocycles. The van der Waals surface area contributed by atoms with Crippen LogP contribution in [0.2, 0.25) is 0 Å². The van der Waals surface area contributed by atoms with E-state index < -0.39 is 82.6 Å². The number of phenolic OH excluding ortho intramolecular Hbond substituents is 2. The number of carbonyl (C=O) groups is 4. The fourth-order valence-electron chi connectivity index (χ4n) is 7.88. The molecule has 0 bridgehead atoms. The number of nitrogens with zero attached hydrogens (tertiary/aromatic N) is 1. The third kappa shape index (κ3) is 7.08. The number of aliphatic hydroxyl groups is 2. The highest BCUT2D eigenvalue weighted by Crippen LogP contribution is 2.52. The number of phenols is 2. The van der Waals surface area contributed by atoms with Gasteiger partial charge >= 0.3 is 0 Å². The van der Waals surface area contributed by atoms with Crippen molar-refractivity contribution in [3.63, 3.8) is 0 Å². The predicted molar refractivity (Wildman–Crippen MR) is 200 cm³/mol. The minimum atomic E-state index is -2.05. The lowest BCUT2D eigenvalue weighted by molar-refractivity contribution is -0.249. The van der Waals surface area contributed by atoms with Gasteiger partial charge in [0.2, 0.25) is 5.78 Å². The van der Waals surface area contributed by atoms with Gasteiger partial charge in [0.05, 0.1) is 47.8 Å². The number of ether oxygens (including phenoxy) is 3. The summed E-state index contributed by atoms with van der Waals surface area (Å²) in [6.07, 6.45) is -2.58. The highest BCUT2D eigenvalue weighted by atomic mass is 35.5. The zero-order valence-corrected chi connectivity index (χ0v) is 31.5. The first-order valence-electron chi connectivity index (χ1n) is 17.8. The van der Waals surface area contributed by atoms with Crippen LogP contribution in [0, 0.1) is 0 Å². The van der Waals surface area contributed by atoms with Crippen molar-refractivity contribution < 1.29 is 53.8 Å². The number of aromatic nitrogens is 1. The minimum absolute atomic E-state index is 0. The molecule has 4 aromatic rings. The summed E-state index contributed by atoms with van der Waals surface area (Å²) in [6, 6.07) is 15.1. The maximum Gasteiger partial charge on any atom is 0.202 e. The van der Waals surface area contributed by atoms with Crippen LogP contribution in [0.4, 0.5) is 0 Å². The second kappa shape index (κ2) is 15.3. The Morgan fingerprint density at radius 2 is 1.67 bits per heavy atom. The number of methoxy groups -OCH3 is 1. The largest absolute Gasteiger partial charge is 0.507 e. The van der Waals surface area contributed by atoms with E-state index in [0.717, 1.165) is 11.1 Å². The van der Waals surface area contributed by atoms with Gasteiger partial charge in [0.25, 0.3) is 0 Å². The first-order chi connectivity index (χ1) is 25.7. The van der Waals surface area contributed by atoms with Crippen LogP contribution in [0.15, 0.2) is 60.8 Å². The van der Waals surface area contributed by atoms with E-state index in [4.69, 9.17) is 14.2 Å². The number of benzene rings is 3. The molecular weight excluding hydrogens is 732 g/mol. The Balaban J connectivity index is 0.00000514. The standard InChI is InChI=1S/C41H42N2O11.ClH/c1-20-36(46)26(42-19-23-12-10-22(11-13-23)15-28(45)27-8-6-14-43(27)3)16-31(53-20)54-30-18-41(51,21(2)44)17-25-33(30)40(50)35-34(38(25)48)37(47)24-7-5-9-29(52-4)32(24)39(35)49;/h5-14,20,26,30-31,36,42,46,48,50-51H,15-19H2,1-4H3;1H/t20?,26?,30-,31?,36?,41-;/m0./s1. The number of aliphatic hydroxyl groups excluding tert-OH is 1. The molecule has 6 atom stereocenters. The van der Waals surface area contributed by atoms with Crippen molar-refractivity contribution in [3.8, 4) is 17.2 Å². The molecule has 55 heavy (non-hydrogen) atoms. The van der Waals surface area contributed by atoms with Crippen molar-refractivity contribution in [2.75, 3.05) is 7.11 Å². The number of ketones is 4. The lowest BCUT2D eigenvalue weighted by atomic mass is 9.72. The summed E-state index contributed by atoms with van der Waals surface area (Å²) in [5.41, 5.74) is -0.754. The molecule has 2 aliphatic carbocycles. The summed E-state index contributed by atoms with van der Waals surface area (Å²) in [4.78, 5) is 53.2. The number of halogens is 1. The molecule has 13 nitrogen and oxygen atoms in total. The maximum atomic E-state index is 13.9. The molecule has 0 amide bonds. The van der Waals surface area contributed by atoms with Crippen molar-refractivity contribution in [1.29, 1.82) is 0 Å². The number of nitrogens with one attached hydrogen (secondary N) is 1. The van der Waals surface area contributed by atoms with Crippen LogP contribution in [0.3, 0.4) is 0 Å². The topological polar surface area (TPSA) is 194 Å². The van der Waals surface area contributed by atoms with E-state index in [2.05, 4.69) is 5.32 Å². The third-order valence-electron chi connectivity index (χ3n) is 10.9. The van der Waals surface area contributed by atoms with Gasteiger partial charge in [-0.15, -0.1) is 12.4 Å². The molecule has 1 aliphatic heterocycles. The Morgan fingerprint density at radius 1 is 0.982 bits per heavy atom. The average Bonchev–Trinajstić information content (AvgIpc) is 3.58. The molecule has 14 heteroatoms. The molecule has 3 aliphatic rings. The van der Waals surface area contributed by atoms with E-state index >= 15 is 0 Å². The minimum Gasteiger partial charge on any atom is -0.507 e. The smallest absolute Gasteiger partial charge is 0.202 e. The molecule has 1 aromatic heterocycles. The quantitative estimate of drug-likeness (QED) is 0.101. The molecule has 7 rings (SSSR count). The number of rotatable bonds is 10.